The van der Waals surface area contributed by atoms with Gasteiger partial charge in [-0.15, -0.1) is 10.2 Å². The number of rotatable bonds is 4. The Morgan fingerprint density at radius 1 is 1.15 bits per heavy atom. The fourth-order valence-corrected chi connectivity index (χ4v) is 4.25. The highest BCUT2D eigenvalue weighted by Gasteiger charge is 2.29. The molecule has 7 nitrogen and oxygen atoms in total. The van der Waals surface area contributed by atoms with Crippen molar-refractivity contribution >= 4 is 32.6 Å². The zero-order valence-electron chi connectivity index (χ0n) is 14.4. The molecule has 3 aromatic heterocycles. The molecule has 0 spiro atoms. The molecule has 0 bridgehead atoms. The second kappa shape index (κ2) is 6.55. The minimum Gasteiger partial charge on any atom is -0.307 e. The third kappa shape index (κ3) is 2.87. The van der Waals surface area contributed by atoms with Gasteiger partial charge in [-0.2, -0.15) is 0 Å². The molecule has 1 aliphatic rings. The van der Waals surface area contributed by atoms with Gasteiger partial charge in [-0.25, -0.2) is 4.98 Å². The van der Waals surface area contributed by atoms with Crippen molar-refractivity contribution < 1.29 is 4.79 Å². The van der Waals surface area contributed by atoms with Crippen LogP contribution in [0.25, 0.3) is 10.2 Å². The lowest BCUT2D eigenvalue weighted by molar-refractivity contribution is 0.0970. The lowest BCUT2D eigenvalue weighted by Gasteiger charge is -2.19. The fourth-order valence-electron chi connectivity index (χ4n) is 3.28. The molecule has 1 amide bonds. The van der Waals surface area contributed by atoms with Crippen LogP contribution < -0.4 is 4.90 Å². The summed E-state index contributed by atoms with van der Waals surface area (Å²) >= 11 is 1.49. The van der Waals surface area contributed by atoms with Gasteiger partial charge in [-0.3, -0.25) is 14.7 Å². The SMILES string of the molecule is O=C(c1nnc2n1CCC2)N(Cc1ccccn1)c1nc2ccccc2s1. The maximum absolute atomic E-state index is 13.4. The van der Waals surface area contributed by atoms with Gasteiger partial charge in [0, 0.05) is 19.2 Å². The lowest BCUT2D eigenvalue weighted by Crippen LogP contribution is -2.33. The molecule has 1 aliphatic heterocycles. The summed E-state index contributed by atoms with van der Waals surface area (Å²) < 4.78 is 2.96. The summed E-state index contributed by atoms with van der Waals surface area (Å²) in [4.78, 5) is 24.1. The molecule has 0 saturated heterocycles. The highest BCUT2D eigenvalue weighted by atomic mass is 32.1. The number of aryl methyl sites for hydroxylation is 1. The summed E-state index contributed by atoms with van der Waals surface area (Å²) in [6.07, 6.45) is 3.58. The number of carbonyl (C=O) groups is 1. The van der Waals surface area contributed by atoms with Crippen LogP contribution in [0.4, 0.5) is 5.13 Å². The van der Waals surface area contributed by atoms with E-state index in [0.29, 0.717) is 17.5 Å². The lowest BCUT2D eigenvalue weighted by atomic mass is 10.3. The number of thiazole rings is 1. The van der Waals surface area contributed by atoms with Crippen LogP contribution in [0.3, 0.4) is 0 Å². The van der Waals surface area contributed by atoms with Gasteiger partial charge in [0.2, 0.25) is 5.82 Å². The average Bonchev–Trinajstić information content (AvgIpc) is 3.41. The Kier molecular flexibility index (Phi) is 3.90. The monoisotopic (exact) mass is 376 g/mol. The summed E-state index contributed by atoms with van der Waals surface area (Å²) in [6, 6.07) is 13.6. The number of para-hydroxylation sites is 1. The molecule has 0 atom stereocenters. The number of hydrogen-bond donors (Lipinski definition) is 0. The Balaban J connectivity index is 1.57. The average molecular weight is 376 g/mol. The molecule has 27 heavy (non-hydrogen) atoms. The number of benzene rings is 1. The van der Waals surface area contributed by atoms with Gasteiger partial charge >= 0.3 is 0 Å². The van der Waals surface area contributed by atoms with E-state index in [0.717, 1.165) is 41.1 Å². The Morgan fingerprint density at radius 3 is 2.89 bits per heavy atom. The Morgan fingerprint density at radius 2 is 2.04 bits per heavy atom. The third-order valence-corrected chi connectivity index (χ3v) is 5.67. The summed E-state index contributed by atoms with van der Waals surface area (Å²) in [5.74, 6) is 1.05. The first-order valence-corrected chi connectivity index (χ1v) is 9.61. The van der Waals surface area contributed by atoms with Crippen molar-refractivity contribution in [1.29, 1.82) is 0 Å². The van der Waals surface area contributed by atoms with Gasteiger partial charge in [0.25, 0.3) is 5.91 Å². The smallest absolute Gasteiger partial charge is 0.298 e. The van der Waals surface area contributed by atoms with E-state index < -0.39 is 0 Å². The number of anilines is 1. The van der Waals surface area contributed by atoms with Crippen LogP contribution in [0, 0.1) is 0 Å². The third-order valence-electron chi connectivity index (χ3n) is 4.61. The molecule has 0 radical (unpaired) electrons. The van der Waals surface area contributed by atoms with E-state index in [-0.39, 0.29) is 5.91 Å². The van der Waals surface area contributed by atoms with E-state index in [4.69, 9.17) is 0 Å². The van der Waals surface area contributed by atoms with Gasteiger partial charge in [-0.1, -0.05) is 29.5 Å². The topological polar surface area (TPSA) is 76.8 Å². The van der Waals surface area contributed by atoms with E-state index in [1.54, 1.807) is 11.1 Å². The predicted octanol–water partition coefficient (Wildman–Crippen LogP) is 3.08. The maximum Gasteiger partial charge on any atom is 0.298 e. The van der Waals surface area contributed by atoms with E-state index in [1.165, 1.54) is 11.3 Å². The highest BCUT2D eigenvalue weighted by Crippen LogP contribution is 2.30. The number of aromatic nitrogens is 5. The first-order chi connectivity index (χ1) is 13.3. The highest BCUT2D eigenvalue weighted by molar-refractivity contribution is 7.22. The first-order valence-electron chi connectivity index (χ1n) is 8.79. The molecule has 4 heterocycles. The van der Waals surface area contributed by atoms with Crippen LogP contribution in [0.2, 0.25) is 0 Å². The van der Waals surface area contributed by atoms with Crippen molar-refractivity contribution in [3.63, 3.8) is 0 Å². The van der Waals surface area contributed by atoms with Crippen molar-refractivity contribution in [3.05, 3.63) is 66.0 Å². The number of nitrogens with zero attached hydrogens (tertiary/aromatic N) is 6. The zero-order chi connectivity index (χ0) is 18.2. The quantitative estimate of drug-likeness (QED) is 0.547. The van der Waals surface area contributed by atoms with Gasteiger partial charge in [-0.05, 0) is 30.7 Å². The number of amides is 1. The van der Waals surface area contributed by atoms with Crippen LogP contribution in [-0.4, -0.2) is 30.6 Å². The van der Waals surface area contributed by atoms with E-state index in [1.807, 2.05) is 47.0 Å². The molecule has 0 fully saturated rings. The summed E-state index contributed by atoms with van der Waals surface area (Å²) in [7, 11) is 0. The Hall–Kier alpha value is -3.13. The second-order valence-corrected chi connectivity index (χ2v) is 7.38. The molecule has 0 aliphatic carbocycles. The molecule has 0 unspecified atom stereocenters. The van der Waals surface area contributed by atoms with Crippen molar-refractivity contribution in [2.75, 3.05) is 4.90 Å². The molecule has 134 valence electrons. The van der Waals surface area contributed by atoms with E-state index in [9.17, 15) is 4.79 Å². The second-order valence-electron chi connectivity index (χ2n) is 6.37. The van der Waals surface area contributed by atoms with Crippen molar-refractivity contribution in [2.24, 2.45) is 0 Å². The van der Waals surface area contributed by atoms with Gasteiger partial charge < -0.3 is 4.57 Å². The Labute approximate surface area is 159 Å². The summed E-state index contributed by atoms with van der Waals surface area (Å²) in [5, 5.41) is 8.98. The Bertz CT molecular complexity index is 1090. The number of fused-ring (bicyclic) bond motifs is 2. The summed E-state index contributed by atoms with van der Waals surface area (Å²) in [5.41, 5.74) is 1.68. The number of carbonyl (C=O) groups excluding carboxylic acids is 1. The molecular formula is C19H16N6OS. The minimum atomic E-state index is -0.194. The van der Waals surface area contributed by atoms with Gasteiger partial charge in [0.15, 0.2) is 5.13 Å². The molecule has 4 aromatic rings. The largest absolute Gasteiger partial charge is 0.307 e. The first kappa shape index (κ1) is 16.1. The van der Waals surface area contributed by atoms with Crippen molar-refractivity contribution in [3.8, 4) is 0 Å². The van der Waals surface area contributed by atoms with Crippen LogP contribution >= 0.6 is 11.3 Å². The fraction of sp³-hybridized carbons (Fsp3) is 0.211. The van der Waals surface area contributed by atoms with Crippen LogP contribution in [0.1, 0.15) is 28.6 Å². The molecule has 8 heteroatoms. The van der Waals surface area contributed by atoms with Crippen LogP contribution in [-0.2, 0) is 19.5 Å². The van der Waals surface area contributed by atoms with Crippen molar-refractivity contribution in [2.45, 2.75) is 25.9 Å². The number of hydrogen-bond acceptors (Lipinski definition) is 6. The normalized spacial score (nSPS) is 13.0. The van der Waals surface area contributed by atoms with E-state index >= 15 is 0 Å². The molecule has 0 N–H and O–H groups in total. The summed E-state index contributed by atoms with van der Waals surface area (Å²) in [6.45, 7) is 1.11. The molecular weight excluding hydrogens is 360 g/mol. The zero-order valence-corrected chi connectivity index (χ0v) is 15.3. The van der Waals surface area contributed by atoms with Gasteiger partial charge in [0.05, 0.1) is 22.5 Å². The van der Waals surface area contributed by atoms with Gasteiger partial charge in [0.1, 0.15) is 5.82 Å². The number of pyridine rings is 1. The van der Waals surface area contributed by atoms with Crippen LogP contribution in [0.5, 0.6) is 0 Å². The molecule has 0 saturated carbocycles. The van der Waals surface area contributed by atoms with Crippen molar-refractivity contribution in [1.82, 2.24) is 24.7 Å². The van der Waals surface area contributed by atoms with Crippen LogP contribution in [0.15, 0.2) is 48.7 Å². The maximum atomic E-state index is 13.4. The molecule has 1 aromatic carbocycles. The predicted molar refractivity (Wildman–Crippen MR) is 103 cm³/mol. The molecule has 5 rings (SSSR count). The standard InChI is InChI=1S/C19H16N6OS/c26-18(17-23-22-16-9-5-11-24(16)17)25(12-13-6-3-4-10-20-13)19-21-14-7-1-2-8-15(14)27-19/h1-4,6-8,10H,5,9,11-12H2. The van der Waals surface area contributed by atoms with E-state index in [2.05, 4.69) is 20.2 Å². The minimum absolute atomic E-state index is 0.194.